The van der Waals surface area contributed by atoms with Crippen molar-refractivity contribution in [3.05, 3.63) is 101 Å². The van der Waals surface area contributed by atoms with Crippen molar-refractivity contribution >= 4 is 32.9 Å². The van der Waals surface area contributed by atoms with Crippen LogP contribution < -0.4 is 5.43 Å². The van der Waals surface area contributed by atoms with Gasteiger partial charge in [-0.05, 0) is 53.5 Å². The van der Waals surface area contributed by atoms with Gasteiger partial charge in [0.1, 0.15) is 0 Å². The molecule has 4 nitrogen and oxygen atoms in total. The predicted molar refractivity (Wildman–Crippen MR) is 118 cm³/mol. The molecule has 0 amide bonds. The van der Waals surface area contributed by atoms with E-state index in [0.29, 0.717) is 28.8 Å². The predicted octanol–water partition coefficient (Wildman–Crippen LogP) is 5.83. The van der Waals surface area contributed by atoms with Gasteiger partial charge in [0.05, 0.1) is 16.2 Å². The topological polar surface area (TPSA) is 49.4 Å². The molecule has 1 N–H and O–H groups in total. The SMILES string of the molecule is O=S(=O)(c1cccc(C(F)(F)F)c1)N1CCC(c2ccccc2)=C(c2ccc(Cl)cc2)N1. The van der Waals surface area contributed by atoms with E-state index in [1.807, 2.05) is 30.3 Å². The number of hydrogen-bond donors (Lipinski definition) is 1. The Kier molecular flexibility index (Phi) is 6.03. The van der Waals surface area contributed by atoms with Crippen LogP contribution >= 0.6 is 11.6 Å². The van der Waals surface area contributed by atoms with Gasteiger partial charge in [0, 0.05) is 11.6 Å². The Labute approximate surface area is 189 Å². The van der Waals surface area contributed by atoms with Crippen molar-refractivity contribution in [1.82, 2.24) is 9.84 Å². The zero-order valence-electron chi connectivity index (χ0n) is 16.6. The molecule has 0 bridgehead atoms. The first-order valence-corrected chi connectivity index (χ1v) is 11.5. The van der Waals surface area contributed by atoms with E-state index >= 15 is 0 Å². The van der Waals surface area contributed by atoms with Crippen molar-refractivity contribution in [2.75, 3.05) is 6.54 Å². The molecule has 9 heteroatoms. The highest BCUT2D eigenvalue weighted by molar-refractivity contribution is 7.89. The molecular formula is C23H18ClF3N2O2S. The second-order valence-corrected chi connectivity index (χ2v) is 9.49. The highest BCUT2D eigenvalue weighted by Crippen LogP contribution is 2.35. The maximum atomic E-state index is 13.2. The molecule has 0 fully saturated rings. The van der Waals surface area contributed by atoms with Crippen LogP contribution in [-0.4, -0.2) is 19.4 Å². The maximum absolute atomic E-state index is 13.2. The zero-order valence-corrected chi connectivity index (χ0v) is 18.2. The maximum Gasteiger partial charge on any atom is 0.416 e. The first-order valence-electron chi connectivity index (χ1n) is 9.67. The standard InChI is InChI=1S/C23H18ClF3N2O2S/c24-19-11-9-17(10-12-19)22-21(16-5-2-1-3-6-16)13-14-29(28-22)32(30,31)20-8-4-7-18(15-20)23(25,26)27/h1-12,15,28H,13-14H2. The molecule has 32 heavy (non-hydrogen) atoms. The van der Waals surface area contributed by atoms with Crippen molar-refractivity contribution in [3.63, 3.8) is 0 Å². The van der Waals surface area contributed by atoms with E-state index in [4.69, 9.17) is 11.6 Å². The summed E-state index contributed by atoms with van der Waals surface area (Å²) in [5.74, 6) is 0. The molecule has 166 valence electrons. The Morgan fingerprint density at radius 1 is 0.875 bits per heavy atom. The first-order chi connectivity index (χ1) is 15.2. The van der Waals surface area contributed by atoms with Crippen molar-refractivity contribution in [2.24, 2.45) is 0 Å². The number of nitrogens with one attached hydrogen (secondary N) is 1. The molecule has 0 saturated carbocycles. The molecule has 3 aromatic carbocycles. The summed E-state index contributed by atoms with van der Waals surface area (Å²) in [6.45, 7) is 0.0555. The van der Waals surface area contributed by atoms with Crippen molar-refractivity contribution in [2.45, 2.75) is 17.5 Å². The zero-order chi connectivity index (χ0) is 22.9. The number of hydrazine groups is 1. The van der Waals surface area contributed by atoms with Gasteiger partial charge in [0.25, 0.3) is 10.0 Å². The third kappa shape index (κ3) is 4.53. The third-order valence-corrected chi connectivity index (χ3v) is 7.06. The quantitative estimate of drug-likeness (QED) is 0.513. The lowest BCUT2D eigenvalue weighted by Gasteiger charge is -2.32. The minimum atomic E-state index is -4.64. The Morgan fingerprint density at radius 3 is 2.22 bits per heavy atom. The number of rotatable bonds is 4. The van der Waals surface area contributed by atoms with E-state index < -0.39 is 26.7 Å². The Balaban J connectivity index is 1.76. The van der Waals surface area contributed by atoms with E-state index in [1.54, 1.807) is 24.3 Å². The van der Waals surface area contributed by atoms with E-state index in [-0.39, 0.29) is 6.54 Å². The van der Waals surface area contributed by atoms with Gasteiger partial charge < -0.3 is 5.43 Å². The molecule has 0 unspecified atom stereocenters. The number of hydrogen-bond acceptors (Lipinski definition) is 3. The van der Waals surface area contributed by atoms with Gasteiger partial charge in [-0.25, -0.2) is 8.42 Å². The first kappa shape index (κ1) is 22.4. The molecule has 1 heterocycles. The largest absolute Gasteiger partial charge is 0.416 e. The molecule has 0 spiro atoms. The number of alkyl halides is 3. The monoisotopic (exact) mass is 478 g/mol. The van der Waals surface area contributed by atoms with Gasteiger partial charge in [-0.2, -0.15) is 13.2 Å². The molecule has 1 aliphatic heterocycles. The number of halogens is 4. The van der Waals surface area contributed by atoms with E-state index in [9.17, 15) is 21.6 Å². The van der Waals surface area contributed by atoms with Crippen LogP contribution in [0.2, 0.25) is 5.02 Å². The number of nitrogens with zero attached hydrogens (tertiary/aromatic N) is 1. The van der Waals surface area contributed by atoms with Crippen molar-refractivity contribution < 1.29 is 21.6 Å². The second kappa shape index (κ2) is 8.61. The van der Waals surface area contributed by atoms with Gasteiger partial charge in [0.15, 0.2) is 0 Å². The summed E-state index contributed by atoms with van der Waals surface area (Å²) in [7, 11) is -4.24. The highest BCUT2D eigenvalue weighted by atomic mass is 35.5. The smallest absolute Gasteiger partial charge is 0.304 e. The molecule has 0 aliphatic carbocycles. The average molecular weight is 479 g/mol. The Morgan fingerprint density at radius 2 is 1.56 bits per heavy atom. The molecule has 3 aromatic rings. The van der Waals surface area contributed by atoms with Crippen LogP contribution in [0, 0.1) is 0 Å². The third-order valence-electron chi connectivity index (χ3n) is 5.11. The molecule has 0 saturated heterocycles. The fourth-order valence-corrected chi connectivity index (χ4v) is 4.96. The van der Waals surface area contributed by atoms with Gasteiger partial charge >= 0.3 is 6.18 Å². The van der Waals surface area contributed by atoms with E-state index in [2.05, 4.69) is 5.43 Å². The summed E-state index contributed by atoms with van der Waals surface area (Å²) in [6.07, 6.45) is -4.27. The van der Waals surface area contributed by atoms with Crippen LogP contribution in [0.5, 0.6) is 0 Å². The minimum Gasteiger partial charge on any atom is -0.304 e. The Bertz CT molecular complexity index is 1260. The van der Waals surface area contributed by atoms with Crippen molar-refractivity contribution in [1.29, 1.82) is 0 Å². The van der Waals surface area contributed by atoms with Crippen LogP contribution in [-0.2, 0) is 16.2 Å². The summed E-state index contributed by atoms with van der Waals surface area (Å²) in [5.41, 5.74) is 4.98. The van der Waals surface area contributed by atoms with Gasteiger partial charge in [-0.3, -0.25) is 0 Å². The van der Waals surface area contributed by atoms with Crippen LogP contribution in [0.15, 0.2) is 83.8 Å². The average Bonchev–Trinajstić information content (AvgIpc) is 2.79. The molecule has 0 aromatic heterocycles. The molecular weight excluding hydrogens is 461 g/mol. The summed E-state index contributed by atoms with van der Waals surface area (Å²) in [5, 5.41) is 0.528. The second-order valence-electron chi connectivity index (χ2n) is 7.19. The lowest BCUT2D eigenvalue weighted by atomic mass is 9.96. The van der Waals surface area contributed by atoms with Crippen LogP contribution in [0.25, 0.3) is 11.3 Å². The van der Waals surface area contributed by atoms with Gasteiger partial charge in [-0.15, -0.1) is 4.41 Å². The summed E-state index contributed by atoms with van der Waals surface area (Å²) >= 11 is 6.00. The molecule has 0 atom stereocenters. The van der Waals surface area contributed by atoms with Crippen molar-refractivity contribution in [3.8, 4) is 0 Å². The van der Waals surface area contributed by atoms with Crippen LogP contribution in [0.4, 0.5) is 13.2 Å². The van der Waals surface area contributed by atoms with Gasteiger partial charge in [0.2, 0.25) is 0 Å². The summed E-state index contributed by atoms with van der Waals surface area (Å²) < 4.78 is 66.7. The normalized spacial score (nSPS) is 15.5. The lowest BCUT2D eigenvalue weighted by Crippen LogP contribution is -2.45. The number of benzene rings is 3. The summed E-state index contributed by atoms with van der Waals surface area (Å²) in [6, 6.07) is 20.1. The fourth-order valence-electron chi connectivity index (χ4n) is 3.51. The molecule has 1 aliphatic rings. The lowest BCUT2D eigenvalue weighted by molar-refractivity contribution is -0.137. The van der Waals surface area contributed by atoms with E-state index in [1.165, 1.54) is 0 Å². The minimum absolute atomic E-state index is 0.0555. The van der Waals surface area contributed by atoms with E-state index in [0.717, 1.165) is 33.7 Å². The van der Waals surface area contributed by atoms with Gasteiger partial charge in [-0.1, -0.05) is 60.1 Å². The molecule has 0 radical (unpaired) electrons. The Hall–Kier alpha value is -2.81. The van der Waals surface area contributed by atoms with Crippen LogP contribution in [0.3, 0.4) is 0 Å². The molecule has 4 rings (SSSR count). The van der Waals surface area contributed by atoms with Crippen LogP contribution in [0.1, 0.15) is 23.1 Å². The summed E-state index contributed by atoms with van der Waals surface area (Å²) in [4.78, 5) is -0.432. The number of sulfonamides is 1. The highest BCUT2D eigenvalue weighted by Gasteiger charge is 2.34. The fraction of sp³-hybridized carbons (Fsp3) is 0.130.